The standard InChI is InChI=1S/C26H21N2S2.C15H28O2.Ir/c1-26(2,3)19-13-16(12-15-6-4-5-7-17(15)19)23-25-24(28-14-27-23)22-18-10-11-29-20(18)8-9-21(22)30-25;1-7-14(5,8-2)12(16)11-13(17)15(6,9-3)10-4;/h4-9,13-14H,10-11H2,1-3H3;11,16H,7-10H2,1-6H3;/q-1;;/b;12-11-;. The zero-order valence-corrected chi connectivity index (χ0v) is 33.9. The maximum atomic E-state index is 12.2. The van der Waals surface area contributed by atoms with E-state index >= 15 is 0 Å². The molecule has 1 radical (unpaired) electrons. The molecule has 0 bridgehead atoms. The van der Waals surface area contributed by atoms with Gasteiger partial charge >= 0.3 is 0 Å². The van der Waals surface area contributed by atoms with Crippen molar-refractivity contribution in [2.75, 3.05) is 5.75 Å². The molecule has 48 heavy (non-hydrogen) atoms. The Balaban J connectivity index is 0.000000251. The third-order valence-corrected chi connectivity index (χ3v) is 12.8. The van der Waals surface area contributed by atoms with Crippen LogP contribution in [0.1, 0.15) is 99.1 Å². The van der Waals surface area contributed by atoms with Crippen molar-refractivity contribution in [2.24, 2.45) is 10.8 Å². The van der Waals surface area contributed by atoms with E-state index in [4.69, 9.17) is 9.97 Å². The van der Waals surface area contributed by atoms with Crippen LogP contribution in [0.3, 0.4) is 0 Å². The van der Waals surface area contributed by atoms with Gasteiger partial charge in [0.25, 0.3) is 0 Å². The molecule has 0 amide bonds. The Labute approximate surface area is 308 Å². The molecule has 3 heterocycles. The van der Waals surface area contributed by atoms with Gasteiger partial charge in [0.2, 0.25) is 0 Å². The van der Waals surface area contributed by atoms with Crippen molar-refractivity contribution in [3.8, 4) is 11.3 Å². The quantitative estimate of drug-likeness (QED) is 0.0957. The second-order valence-electron chi connectivity index (χ2n) is 14.3. The SMILES string of the molecule is CC(C)(C)c1cc(-c2ncnc3c2sc2ccc4c(c23)CCS4)[c-]c2ccccc12.CCC(C)(CC)C(=O)/C=C(\O)C(C)(CC)CC.[Ir]. The number of allylic oxidation sites excluding steroid dienone is 2. The Morgan fingerprint density at radius 1 is 0.938 bits per heavy atom. The van der Waals surface area contributed by atoms with Crippen molar-refractivity contribution in [3.63, 3.8) is 0 Å². The Kier molecular flexibility index (Phi) is 12.0. The van der Waals surface area contributed by atoms with E-state index in [9.17, 15) is 9.90 Å². The Bertz CT molecular complexity index is 1960. The van der Waals surface area contributed by atoms with Crippen LogP contribution in [0, 0.1) is 16.9 Å². The molecule has 0 unspecified atom stereocenters. The number of aliphatic hydroxyl groups excluding tert-OH is 1. The Hall–Kier alpha value is -2.57. The predicted octanol–water partition coefficient (Wildman–Crippen LogP) is 12.1. The number of aromatic nitrogens is 2. The van der Waals surface area contributed by atoms with Gasteiger partial charge in [-0.25, -0.2) is 4.98 Å². The molecule has 257 valence electrons. The topological polar surface area (TPSA) is 63.1 Å². The number of fused-ring (bicyclic) bond motifs is 6. The van der Waals surface area contributed by atoms with Crippen molar-refractivity contribution in [1.82, 2.24) is 9.97 Å². The van der Waals surface area contributed by atoms with E-state index in [-0.39, 0.29) is 47.9 Å². The third-order valence-electron chi connectivity index (χ3n) is 10.5. The Morgan fingerprint density at radius 2 is 1.60 bits per heavy atom. The van der Waals surface area contributed by atoms with Crippen LogP contribution in [0.15, 0.2) is 65.5 Å². The molecule has 0 saturated heterocycles. The number of carbonyl (C=O) groups excluding carboxylic acids is 1. The van der Waals surface area contributed by atoms with E-state index in [1.54, 1.807) is 6.33 Å². The molecule has 6 rings (SSSR count). The molecule has 1 aliphatic heterocycles. The normalized spacial score (nSPS) is 13.7. The number of benzene rings is 3. The minimum absolute atomic E-state index is 0. The van der Waals surface area contributed by atoms with Gasteiger partial charge in [0.1, 0.15) is 12.1 Å². The maximum absolute atomic E-state index is 12.2. The van der Waals surface area contributed by atoms with Crippen molar-refractivity contribution in [3.05, 3.63) is 77.8 Å². The fraction of sp³-hybridized carbons (Fsp3) is 0.439. The number of nitrogens with zero attached hydrogens (tertiary/aromatic N) is 2. The average Bonchev–Trinajstić information content (AvgIpc) is 3.71. The second-order valence-corrected chi connectivity index (χ2v) is 16.5. The Morgan fingerprint density at radius 3 is 2.25 bits per heavy atom. The number of aliphatic hydroxyl groups is 1. The molecule has 5 aromatic rings. The fourth-order valence-electron chi connectivity index (χ4n) is 6.21. The van der Waals surface area contributed by atoms with Gasteiger partial charge in [-0.15, -0.1) is 52.2 Å². The number of ketones is 1. The number of hydrogen-bond donors (Lipinski definition) is 1. The van der Waals surface area contributed by atoms with E-state index in [0.717, 1.165) is 60.0 Å². The van der Waals surface area contributed by atoms with Crippen molar-refractivity contribution >= 4 is 60.0 Å². The number of rotatable bonds is 8. The monoisotopic (exact) mass is 858 g/mol. The summed E-state index contributed by atoms with van der Waals surface area (Å²) in [5.41, 5.74) is 5.38. The minimum atomic E-state index is -0.337. The first kappa shape index (κ1) is 38.2. The van der Waals surface area contributed by atoms with Gasteiger partial charge in [0.05, 0.1) is 5.52 Å². The van der Waals surface area contributed by atoms with Gasteiger partial charge in [-0.05, 0) is 55.2 Å². The van der Waals surface area contributed by atoms with Gasteiger partial charge in [-0.3, -0.25) is 9.78 Å². The molecule has 1 N–H and O–H groups in total. The van der Waals surface area contributed by atoms with Crippen molar-refractivity contribution in [1.29, 1.82) is 0 Å². The van der Waals surface area contributed by atoms with E-state index in [2.05, 4.69) is 69.3 Å². The summed E-state index contributed by atoms with van der Waals surface area (Å²) in [6, 6.07) is 19.0. The number of hydrogen-bond acceptors (Lipinski definition) is 6. The predicted molar refractivity (Wildman–Crippen MR) is 203 cm³/mol. The van der Waals surface area contributed by atoms with E-state index in [0.29, 0.717) is 0 Å². The van der Waals surface area contributed by atoms with Crippen LogP contribution in [0.5, 0.6) is 0 Å². The summed E-state index contributed by atoms with van der Waals surface area (Å²) >= 11 is 3.77. The van der Waals surface area contributed by atoms with Crippen LogP contribution in [-0.4, -0.2) is 26.6 Å². The summed E-state index contributed by atoms with van der Waals surface area (Å²) in [5.74, 6) is 1.45. The first-order chi connectivity index (χ1) is 22.3. The number of aryl methyl sites for hydroxylation is 1. The molecule has 7 heteroatoms. The number of carbonyl (C=O) groups is 1. The molecule has 3 aromatic carbocycles. The van der Waals surface area contributed by atoms with Crippen LogP contribution in [0.4, 0.5) is 0 Å². The van der Waals surface area contributed by atoms with Gasteiger partial charge in [-0.1, -0.05) is 91.5 Å². The first-order valence-electron chi connectivity index (χ1n) is 17.0. The minimum Gasteiger partial charge on any atom is -0.512 e. The van der Waals surface area contributed by atoms with Gasteiger partial charge < -0.3 is 5.11 Å². The van der Waals surface area contributed by atoms with Gasteiger partial charge in [0.15, 0.2) is 5.78 Å². The molecule has 0 saturated carbocycles. The second kappa shape index (κ2) is 15.1. The van der Waals surface area contributed by atoms with Crippen LogP contribution in [0.25, 0.3) is 42.3 Å². The summed E-state index contributed by atoms with van der Waals surface area (Å²) in [6.07, 6.45) is 7.61. The van der Waals surface area contributed by atoms with Crippen LogP contribution < -0.4 is 0 Å². The summed E-state index contributed by atoms with van der Waals surface area (Å²) in [7, 11) is 0. The van der Waals surface area contributed by atoms with Crippen LogP contribution in [0.2, 0.25) is 0 Å². The van der Waals surface area contributed by atoms with Gasteiger partial charge in [0, 0.05) is 68.1 Å². The summed E-state index contributed by atoms with van der Waals surface area (Å²) in [6.45, 7) is 18.9. The summed E-state index contributed by atoms with van der Waals surface area (Å²) in [5, 5.41) is 13.9. The number of thioether (sulfide) groups is 1. The van der Waals surface area contributed by atoms with Crippen molar-refractivity contribution in [2.45, 2.75) is 105 Å². The summed E-state index contributed by atoms with van der Waals surface area (Å²) < 4.78 is 2.48. The molecule has 0 fully saturated rings. The molecular weight excluding hydrogens is 809 g/mol. The average molecular weight is 858 g/mol. The maximum Gasteiger partial charge on any atom is 0.164 e. The molecule has 2 aromatic heterocycles. The number of thiophene rings is 1. The zero-order chi connectivity index (χ0) is 34.1. The fourth-order valence-corrected chi connectivity index (χ4v) is 8.47. The molecule has 0 spiro atoms. The molecule has 0 atom stereocenters. The smallest absolute Gasteiger partial charge is 0.164 e. The molecule has 1 aliphatic rings. The third kappa shape index (κ3) is 7.31. The van der Waals surface area contributed by atoms with Gasteiger partial charge in [-0.2, -0.15) is 0 Å². The van der Waals surface area contributed by atoms with E-state index in [1.807, 2.05) is 64.6 Å². The first-order valence-corrected chi connectivity index (χ1v) is 18.8. The van der Waals surface area contributed by atoms with E-state index < -0.39 is 0 Å². The molecule has 0 aliphatic carbocycles. The van der Waals surface area contributed by atoms with Crippen molar-refractivity contribution < 1.29 is 30.0 Å². The van der Waals surface area contributed by atoms with Crippen LogP contribution >= 0.6 is 23.1 Å². The van der Waals surface area contributed by atoms with E-state index in [1.165, 1.54) is 42.3 Å². The zero-order valence-electron chi connectivity index (χ0n) is 29.8. The summed E-state index contributed by atoms with van der Waals surface area (Å²) in [4.78, 5) is 23.1. The largest absolute Gasteiger partial charge is 0.512 e. The molecular formula is C41H49IrN2O2S2-. The molecule has 4 nitrogen and oxygen atoms in total. The van der Waals surface area contributed by atoms with Crippen LogP contribution in [-0.2, 0) is 36.7 Å².